The number of piperidine rings is 1. The van der Waals surface area contributed by atoms with E-state index in [9.17, 15) is 4.39 Å². The second-order valence-corrected chi connectivity index (χ2v) is 7.29. The highest BCUT2D eigenvalue weighted by atomic mass is 32.2. The Kier molecular flexibility index (Phi) is 3.87. The van der Waals surface area contributed by atoms with E-state index in [1.165, 1.54) is 37.0 Å². The molecule has 2 fully saturated rings. The minimum Gasteiger partial charge on any atom is -0.356 e. The topological polar surface area (TPSA) is 58.3 Å². The number of anilines is 1. The van der Waals surface area contributed by atoms with Gasteiger partial charge in [-0.1, -0.05) is 0 Å². The lowest BCUT2D eigenvalue weighted by atomic mass is 9.78. The number of rotatable bonds is 2. The molecule has 0 atom stereocenters. The number of fused-ring (bicyclic) bond motifs is 1. The fraction of sp³-hybridized carbons (Fsp3) is 0.500. The molecule has 2 aliphatic heterocycles. The zero-order chi connectivity index (χ0) is 15.9. The Morgan fingerprint density at radius 2 is 1.91 bits per heavy atom. The molecule has 4 rings (SSSR count). The molecule has 0 unspecified atom stereocenters. The average Bonchev–Trinajstić information content (AvgIpc) is 2.98. The molecule has 122 valence electrons. The molecule has 0 saturated carbocycles. The number of hydrogen-bond acceptors (Lipinski definition) is 6. The Balaban J connectivity index is 1.55. The zero-order valence-corrected chi connectivity index (χ0v) is 13.7. The summed E-state index contributed by atoms with van der Waals surface area (Å²) in [6.07, 6.45) is 5.05. The molecule has 3 heterocycles. The molecule has 1 aromatic heterocycles. The molecule has 2 saturated heterocycles. The molecule has 0 bridgehead atoms. The summed E-state index contributed by atoms with van der Waals surface area (Å²) in [7, 11) is 0. The third-order valence-corrected chi connectivity index (χ3v) is 5.86. The maximum absolute atomic E-state index is 13.4. The maximum Gasteiger partial charge on any atom is 0.139 e. The highest BCUT2D eigenvalue weighted by Gasteiger charge is 2.41. The molecule has 0 amide bonds. The lowest BCUT2D eigenvalue weighted by molar-refractivity contribution is 0.237. The Bertz CT molecular complexity index is 717. The second kappa shape index (κ2) is 5.89. The quantitative estimate of drug-likeness (QED) is 0.853. The van der Waals surface area contributed by atoms with Crippen molar-refractivity contribution in [1.29, 1.82) is 0 Å². The first-order valence-corrected chi connectivity index (χ1v) is 8.80. The summed E-state index contributed by atoms with van der Waals surface area (Å²) in [5, 5.41) is 6.63. The maximum atomic E-state index is 13.4. The van der Waals surface area contributed by atoms with E-state index in [1.807, 2.05) is 0 Å². The van der Waals surface area contributed by atoms with Gasteiger partial charge in [-0.15, -0.1) is 0 Å². The van der Waals surface area contributed by atoms with Crippen molar-refractivity contribution in [1.82, 2.24) is 14.3 Å². The third-order valence-electron chi connectivity index (χ3n) is 5.25. The second-order valence-electron chi connectivity index (χ2n) is 6.56. The number of benzene rings is 1. The predicted octanol–water partition coefficient (Wildman–Crippen LogP) is 2.58. The van der Waals surface area contributed by atoms with Crippen LogP contribution < -0.4 is 10.0 Å². The fourth-order valence-corrected chi connectivity index (χ4v) is 4.40. The van der Waals surface area contributed by atoms with E-state index in [2.05, 4.69) is 19.2 Å². The molecule has 2 N–H and O–H groups in total. The number of hydrogen-bond donors (Lipinski definition) is 1. The van der Waals surface area contributed by atoms with Crippen LogP contribution in [0.4, 0.5) is 10.2 Å². The molecule has 1 spiro atoms. The molecule has 1 aromatic carbocycles. The van der Waals surface area contributed by atoms with Crippen LogP contribution in [0.1, 0.15) is 19.3 Å². The van der Waals surface area contributed by atoms with Gasteiger partial charge >= 0.3 is 0 Å². The van der Waals surface area contributed by atoms with Gasteiger partial charge in [0, 0.05) is 49.8 Å². The molecule has 7 heteroatoms. The van der Waals surface area contributed by atoms with Gasteiger partial charge in [0.2, 0.25) is 0 Å². The standard InChI is InChI=1S/C16H20FN5S/c17-12-1-2-13-14(9-12)19-11-20-15(13)21-6-3-16(4-7-21)5-8-22(10-16)23-18/h1-2,9,11H,3-8,10,18H2. The minimum atomic E-state index is -0.259. The van der Waals surface area contributed by atoms with Gasteiger partial charge in [0.1, 0.15) is 18.0 Å². The van der Waals surface area contributed by atoms with Gasteiger partial charge in [-0.2, -0.15) is 0 Å². The van der Waals surface area contributed by atoms with Gasteiger partial charge in [0.25, 0.3) is 0 Å². The minimum absolute atomic E-state index is 0.259. The van der Waals surface area contributed by atoms with Gasteiger partial charge < -0.3 is 4.90 Å². The average molecular weight is 333 g/mol. The van der Waals surface area contributed by atoms with Crippen LogP contribution in [-0.2, 0) is 0 Å². The first-order valence-electron chi connectivity index (χ1n) is 7.96. The molecular formula is C16H20FN5S. The van der Waals surface area contributed by atoms with Gasteiger partial charge in [-0.25, -0.2) is 18.7 Å². The number of nitrogens with two attached hydrogens (primary N) is 1. The Labute approximate surface area is 139 Å². The molecule has 23 heavy (non-hydrogen) atoms. The Morgan fingerprint density at radius 3 is 2.65 bits per heavy atom. The van der Waals surface area contributed by atoms with Gasteiger partial charge in [-0.3, -0.25) is 5.14 Å². The van der Waals surface area contributed by atoms with Crippen LogP contribution in [0.25, 0.3) is 10.9 Å². The number of aromatic nitrogens is 2. The third kappa shape index (κ3) is 2.77. The van der Waals surface area contributed by atoms with Crippen molar-refractivity contribution in [3.63, 3.8) is 0 Å². The lowest BCUT2D eigenvalue weighted by Crippen LogP contribution is -2.41. The molecule has 2 aliphatic rings. The molecule has 5 nitrogen and oxygen atoms in total. The highest BCUT2D eigenvalue weighted by molar-refractivity contribution is 7.94. The first-order chi connectivity index (χ1) is 11.2. The summed E-state index contributed by atoms with van der Waals surface area (Å²) in [6.45, 7) is 4.12. The van der Waals surface area contributed by atoms with Crippen molar-refractivity contribution >= 4 is 28.9 Å². The van der Waals surface area contributed by atoms with Crippen molar-refractivity contribution in [3.05, 3.63) is 30.3 Å². The van der Waals surface area contributed by atoms with Crippen molar-refractivity contribution < 1.29 is 4.39 Å². The van der Waals surface area contributed by atoms with Crippen molar-refractivity contribution in [3.8, 4) is 0 Å². The predicted molar refractivity (Wildman–Crippen MR) is 91.3 cm³/mol. The van der Waals surface area contributed by atoms with Crippen LogP contribution in [-0.4, -0.2) is 40.5 Å². The lowest BCUT2D eigenvalue weighted by Gasteiger charge is -2.40. The first kappa shape index (κ1) is 15.1. The van der Waals surface area contributed by atoms with E-state index in [0.29, 0.717) is 10.9 Å². The molecule has 0 radical (unpaired) electrons. The van der Waals surface area contributed by atoms with Crippen molar-refractivity contribution in [2.45, 2.75) is 19.3 Å². The van der Waals surface area contributed by atoms with Gasteiger partial charge in [0.05, 0.1) is 5.52 Å². The normalized spacial score (nSPS) is 21.4. The van der Waals surface area contributed by atoms with E-state index < -0.39 is 0 Å². The van der Waals surface area contributed by atoms with Crippen LogP contribution in [0.5, 0.6) is 0 Å². The molecule has 0 aliphatic carbocycles. The smallest absolute Gasteiger partial charge is 0.139 e. The van der Waals surface area contributed by atoms with Crippen molar-refractivity contribution in [2.24, 2.45) is 10.6 Å². The van der Waals surface area contributed by atoms with Crippen LogP contribution >= 0.6 is 12.1 Å². The van der Waals surface area contributed by atoms with Crippen LogP contribution in [0.2, 0.25) is 0 Å². The number of halogens is 1. The van der Waals surface area contributed by atoms with Crippen LogP contribution in [0.15, 0.2) is 24.5 Å². The summed E-state index contributed by atoms with van der Waals surface area (Å²) < 4.78 is 15.7. The highest BCUT2D eigenvalue weighted by Crippen LogP contribution is 2.42. The SMILES string of the molecule is NSN1CCC2(CCN(c3ncnc4cc(F)ccc34)CC2)C1. The van der Waals surface area contributed by atoms with E-state index in [4.69, 9.17) is 5.14 Å². The van der Waals surface area contributed by atoms with Gasteiger partial charge in [0.15, 0.2) is 0 Å². The summed E-state index contributed by atoms with van der Waals surface area (Å²) in [5.41, 5.74) is 1.07. The van der Waals surface area contributed by atoms with E-state index in [1.54, 1.807) is 6.07 Å². The number of nitrogens with zero attached hydrogens (tertiary/aromatic N) is 4. The zero-order valence-electron chi connectivity index (χ0n) is 12.9. The Hall–Kier alpha value is -1.44. The summed E-state index contributed by atoms with van der Waals surface area (Å²) in [6, 6.07) is 4.74. The molecular weight excluding hydrogens is 313 g/mol. The van der Waals surface area contributed by atoms with Crippen molar-refractivity contribution in [2.75, 3.05) is 31.1 Å². The largest absolute Gasteiger partial charge is 0.356 e. The van der Waals surface area contributed by atoms with E-state index in [0.717, 1.165) is 50.2 Å². The van der Waals surface area contributed by atoms with Crippen LogP contribution in [0.3, 0.4) is 0 Å². The summed E-state index contributed by atoms with van der Waals surface area (Å²) in [5.74, 6) is 0.665. The Morgan fingerprint density at radius 1 is 1.13 bits per heavy atom. The monoisotopic (exact) mass is 333 g/mol. The molecule has 2 aromatic rings. The fourth-order valence-electron chi connectivity index (χ4n) is 3.85. The van der Waals surface area contributed by atoms with E-state index >= 15 is 0 Å². The van der Waals surface area contributed by atoms with Gasteiger partial charge in [-0.05, 0) is 36.8 Å². The summed E-state index contributed by atoms with van der Waals surface area (Å²) >= 11 is 1.36. The summed E-state index contributed by atoms with van der Waals surface area (Å²) in [4.78, 5) is 11.0. The van der Waals surface area contributed by atoms with E-state index in [-0.39, 0.29) is 5.82 Å². The van der Waals surface area contributed by atoms with Crippen LogP contribution in [0, 0.1) is 11.2 Å².